The SMILES string of the molecule is CCOC(=O)c1cc(C)nn1Cc1ncc(C(F)(F)F)cc1Cl. The average molecular weight is 348 g/mol. The molecule has 0 saturated heterocycles. The van der Waals surface area contributed by atoms with Crippen LogP contribution in [0.4, 0.5) is 13.2 Å². The smallest absolute Gasteiger partial charge is 0.417 e. The van der Waals surface area contributed by atoms with Gasteiger partial charge in [-0.15, -0.1) is 0 Å². The molecule has 0 atom stereocenters. The lowest BCUT2D eigenvalue weighted by molar-refractivity contribution is -0.137. The molecule has 0 unspecified atom stereocenters. The summed E-state index contributed by atoms with van der Waals surface area (Å²) in [5.74, 6) is -0.573. The Balaban J connectivity index is 2.31. The molecular weight excluding hydrogens is 335 g/mol. The summed E-state index contributed by atoms with van der Waals surface area (Å²) in [6.07, 6.45) is -3.82. The van der Waals surface area contributed by atoms with E-state index in [0.717, 1.165) is 6.07 Å². The minimum Gasteiger partial charge on any atom is -0.461 e. The molecule has 2 heterocycles. The zero-order chi connectivity index (χ0) is 17.2. The minimum absolute atomic E-state index is 0.0427. The van der Waals surface area contributed by atoms with Crippen LogP contribution < -0.4 is 0 Å². The van der Waals surface area contributed by atoms with E-state index >= 15 is 0 Å². The third-order valence-corrected chi connectivity index (χ3v) is 3.26. The van der Waals surface area contributed by atoms with Gasteiger partial charge in [0.05, 0.1) is 35.1 Å². The molecule has 23 heavy (non-hydrogen) atoms. The summed E-state index contributed by atoms with van der Waals surface area (Å²) in [6, 6.07) is 2.32. The van der Waals surface area contributed by atoms with Crippen molar-refractivity contribution >= 4 is 17.6 Å². The van der Waals surface area contributed by atoms with E-state index in [2.05, 4.69) is 10.1 Å². The molecule has 124 valence electrons. The monoisotopic (exact) mass is 347 g/mol. The number of ether oxygens (including phenoxy) is 1. The van der Waals surface area contributed by atoms with Gasteiger partial charge in [0.2, 0.25) is 0 Å². The predicted molar refractivity (Wildman–Crippen MR) is 76.3 cm³/mol. The zero-order valence-corrected chi connectivity index (χ0v) is 13.1. The molecule has 2 rings (SSSR count). The van der Waals surface area contributed by atoms with Gasteiger partial charge >= 0.3 is 12.1 Å². The summed E-state index contributed by atoms with van der Waals surface area (Å²) >= 11 is 5.87. The van der Waals surface area contributed by atoms with Crippen LogP contribution in [0.5, 0.6) is 0 Å². The van der Waals surface area contributed by atoms with E-state index in [1.54, 1.807) is 13.8 Å². The van der Waals surface area contributed by atoms with Crippen molar-refractivity contribution in [2.45, 2.75) is 26.6 Å². The maximum atomic E-state index is 12.6. The van der Waals surface area contributed by atoms with Gasteiger partial charge in [0.15, 0.2) is 0 Å². The van der Waals surface area contributed by atoms with E-state index in [0.29, 0.717) is 11.9 Å². The lowest BCUT2D eigenvalue weighted by atomic mass is 10.2. The van der Waals surface area contributed by atoms with Crippen molar-refractivity contribution in [2.24, 2.45) is 0 Å². The van der Waals surface area contributed by atoms with Gasteiger partial charge in [-0.05, 0) is 26.0 Å². The van der Waals surface area contributed by atoms with Gasteiger partial charge in [-0.2, -0.15) is 18.3 Å². The molecule has 2 aromatic heterocycles. The Kier molecular flexibility index (Phi) is 4.93. The standard InChI is InChI=1S/C14H13ClF3N3O2/c1-3-23-13(22)12-4-8(2)20-21(12)7-11-10(15)5-9(6-19-11)14(16,17)18/h4-6H,3,7H2,1-2H3. The Hall–Kier alpha value is -2.09. The number of carbonyl (C=O) groups is 1. The van der Waals surface area contributed by atoms with Crippen molar-refractivity contribution in [3.05, 3.63) is 46.0 Å². The highest BCUT2D eigenvalue weighted by Gasteiger charge is 2.31. The average Bonchev–Trinajstić information content (AvgIpc) is 2.81. The van der Waals surface area contributed by atoms with Gasteiger partial charge in [-0.1, -0.05) is 11.6 Å². The number of carbonyl (C=O) groups excluding carboxylic acids is 1. The normalized spacial score (nSPS) is 11.6. The van der Waals surface area contributed by atoms with E-state index in [1.165, 1.54) is 10.7 Å². The highest BCUT2D eigenvalue weighted by molar-refractivity contribution is 6.31. The first kappa shape index (κ1) is 17.3. The number of hydrogen-bond acceptors (Lipinski definition) is 4. The zero-order valence-electron chi connectivity index (χ0n) is 12.3. The Morgan fingerprint density at radius 3 is 2.65 bits per heavy atom. The van der Waals surface area contributed by atoms with E-state index in [9.17, 15) is 18.0 Å². The second-order valence-corrected chi connectivity index (χ2v) is 5.11. The number of hydrogen-bond donors (Lipinski definition) is 0. The van der Waals surface area contributed by atoms with E-state index in [1.807, 2.05) is 0 Å². The Labute approximate surface area is 135 Å². The molecule has 0 aliphatic rings. The minimum atomic E-state index is -4.52. The molecule has 0 N–H and O–H groups in total. The van der Waals surface area contributed by atoms with Gasteiger partial charge < -0.3 is 4.74 Å². The number of nitrogens with zero attached hydrogens (tertiary/aromatic N) is 3. The number of aryl methyl sites for hydroxylation is 1. The van der Waals surface area contributed by atoms with Crippen LogP contribution in [-0.2, 0) is 17.5 Å². The van der Waals surface area contributed by atoms with Crippen LogP contribution in [0.25, 0.3) is 0 Å². The van der Waals surface area contributed by atoms with Crippen LogP contribution in [0.2, 0.25) is 5.02 Å². The first-order valence-corrected chi connectivity index (χ1v) is 7.03. The van der Waals surface area contributed by atoms with E-state index < -0.39 is 17.7 Å². The summed E-state index contributed by atoms with van der Waals surface area (Å²) in [7, 11) is 0. The largest absolute Gasteiger partial charge is 0.461 e. The molecule has 0 aliphatic carbocycles. The highest BCUT2D eigenvalue weighted by Crippen LogP contribution is 2.31. The van der Waals surface area contributed by atoms with Crippen LogP contribution in [0, 0.1) is 6.92 Å². The summed E-state index contributed by atoms with van der Waals surface area (Å²) in [6.45, 7) is 3.50. The number of alkyl halides is 3. The van der Waals surface area contributed by atoms with Crippen LogP contribution in [0.3, 0.4) is 0 Å². The Morgan fingerprint density at radius 1 is 1.39 bits per heavy atom. The molecular formula is C14H13ClF3N3O2. The molecule has 0 fully saturated rings. The van der Waals surface area contributed by atoms with Gasteiger partial charge in [0, 0.05) is 6.20 Å². The van der Waals surface area contributed by atoms with Crippen LogP contribution >= 0.6 is 11.6 Å². The molecule has 0 spiro atoms. The van der Waals surface area contributed by atoms with Gasteiger partial charge in [-0.25, -0.2) is 4.79 Å². The van der Waals surface area contributed by atoms with Gasteiger partial charge in [0.25, 0.3) is 0 Å². The third kappa shape index (κ3) is 4.01. The van der Waals surface area contributed by atoms with Crippen LogP contribution in [0.15, 0.2) is 18.3 Å². The fourth-order valence-corrected chi connectivity index (χ4v) is 2.14. The van der Waals surface area contributed by atoms with Crippen molar-refractivity contribution in [1.29, 1.82) is 0 Å². The number of rotatable bonds is 4. The maximum absolute atomic E-state index is 12.6. The van der Waals surface area contributed by atoms with Crippen molar-refractivity contribution in [3.8, 4) is 0 Å². The molecule has 0 radical (unpaired) electrons. The summed E-state index contributed by atoms with van der Waals surface area (Å²) in [4.78, 5) is 15.6. The van der Waals surface area contributed by atoms with Gasteiger partial charge in [0.1, 0.15) is 5.69 Å². The first-order chi connectivity index (χ1) is 10.7. The molecule has 0 bridgehead atoms. The molecule has 0 aromatic carbocycles. The van der Waals surface area contributed by atoms with Crippen molar-refractivity contribution in [2.75, 3.05) is 6.61 Å². The summed E-state index contributed by atoms with van der Waals surface area (Å²) in [5.41, 5.74) is -0.0139. The topological polar surface area (TPSA) is 57.0 Å². The fourth-order valence-electron chi connectivity index (χ4n) is 1.91. The predicted octanol–water partition coefficient (Wildman–Crippen LogP) is 3.48. The quantitative estimate of drug-likeness (QED) is 0.794. The maximum Gasteiger partial charge on any atom is 0.417 e. The number of aromatic nitrogens is 3. The molecule has 2 aromatic rings. The van der Waals surface area contributed by atoms with E-state index in [4.69, 9.17) is 16.3 Å². The second-order valence-electron chi connectivity index (χ2n) is 4.70. The molecule has 0 aliphatic heterocycles. The Morgan fingerprint density at radius 2 is 2.09 bits per heavy atom. The van der Waals surface area contributed by atoms with Crippen LogP contribution in [0.1, 0.15) is 34.4 Å². The number of esters is 1. The number of pyridine rings is 1. The second kappa shape index (κ2) is 6.57. The molecule has 0 saturated carbocycles. The van der Waals surface area contributed by atoms with Gasteiger partial charge in [-0.3, -0.25) is 9.67 Å². The lowest BCUT2D eigenvalue weighted by Gasteiger charge is -2.10. The molecule has 5 nitrogen and oxygen atoms in total. The van der Waals surface area contributed by atoms with Crippen molar-refractivity contribution < 1.29 is 22.7 Å². The molecule has 0 amide bonds. The highest BCUT2D eigenvalue weighted by atomic mass is 35.5. The van der Waals surface area contributed by atoms with E-state index in [-0.39, 0.29) is 29.6 Å². The third-order valence-electron chi connectivity index (χ3n) is 2.93. The molecule has 9 heteroatoms. The van der Waals surface area contributed by atoms with Crippen LogP contribution in [-0.4, -0.2) is 27.3 Å². The van der Waals surface area contributed by atoms with Crippen molar-refractivity contribution in [1.82, 2.24) is 14.8 Å². The summed E-state index contributed by atoms with van der Waals surface area (Å²) in [5, 5.41) is 3.97. The lowest BCUT2D eigenvalue weighted by Crippen LogP contribution is -2.15. The first-order valence-electron chi connectivity index (χ1n) is 6.65. The fraction of sp³-hybridized carbons (Fsp3) is 0.357. The Bertz CT molecular complexity index is 729. The number of halogens is 4. The van der Waals surface area contributed by atoms with Crippen molar-refractivity contribution in [3.63, 3.8) is 0 Å². The summed E-state index contributed by atoms with van der Waals surface area (Å²) < 4.78 is 44.0.